The van der Waals surface area contributed by atoms with Crippen LogP contribution in [0.1, 0.15) is 22.3 Å². The molecule has 2 aromatic carbocycles. The lowest BCUT2D eigenvalue weighted by Crippen LogP contribution is -2.09. The molecule has 5 heteroatoms. The second-order valence-corrected chi connectivity index (χ2v) is 6.68. The molecular weight excluding hydrogens is 320 g/mol. The van der Waals surface area contributed by atoms with Crippen molar-refractivity contribution in [2.45, 2.75) is 38.9 Å². The molecule has 2 fully saturated rings. The van der Waals surface area contributed by atoms with Crippen molar-refractivity contribution in [3.63, 3.8) is 0 Å². The molecule has 0 aliphatic carbocycles. The first-order valence-electron chi connectivity index (χ1n) is 8.62. The third-order valence-corrected chi connectivity index (χ3v) is 4.52. The molecule has 2 atom stereocenters. The van der Waals surface area contributed by atoms with Crippen LogP contribution in [0.25, 0.3) is 0 Å². The van der Waals surface area contributed by atoms with Crippen molar-refractivity contribution < 1.29 is 24.3 Å². The van der Waals surface area contributed by atoms with E-state index >= 15 is 0 Å². The smallest absolute Gasteiger partial charge is 0.175 e. The number of hydrogen-bond acceptors (Lipinski definition) is 5. The summed E-state index contributed by atoms with van der Waals surface area (Å²) in [6.45, 7) is 5.58. The minimum Gasteiger partial charge on any atom is -0.373 e. The first-order valence-corrected chi connectivity index (χ1v) is 8.62. The number of epoxide rings is 2. The second kappa shape index (κ2) is 7.04. The monoisotopic (exact) mass is 342 g/mol. The fraction of sp³-hybridized carbons (Fsp3) is 0.400. The fourth-order valence-corrected chi connectivity index (χ4v) is 2.93. The lowest BCUT2D eigenvalue weighted by Gasteiger charge is -2.13. The fourth-order valence-electron chi connectivity index (χ4n) is 2.93. The Morgan fingerprint density at radius 1 is 0.800 bits per heavy atom. The highest BCUT2D eigenvalue weighted by atomic mass is 17.5. The van der Waals surface area contributed by atoms with Gasteiger partial charge in [-0.25, -0.2) is 0 Å². The van der Waals surface area contributed by atoms with Gasteiger partial charge in [-0.15, -0.1) is 0 Å². The van der Waals surface area contributed by atoms with Crippen LogP contribution in [0.5, 0.6) is 11.5 Å². The summed E-state index contributed by atoms with van der Waals surface area (Å²) < 4.78 is 10.6. The van der Waals surface area contributed by atoms with Crippen molar-refractivity contribution in [1.82, 2.24) is 0 Å². The summed E-state index contributed by atoms with van der Waals surface area (Å²) in [4.78, 5) is 11.0. The Morgan fingerprint density at radius 2 is 1.24 bits per heavy atom. The van der Waals surface area contributed by atoms with Crippen LogP contribution < -0.4 is 9.78 Å². The summed E-state index contributed by atoms with van der Waals surface area (Å²) in [6.07, 6.45) is 2.20. The molecule has 2 unspecified atom stereocenters. The van der Waals surface area contributed by atoms with E-state index in [1.807, 2.05) is 50.2 Å². The zero-order chi connectivity index (χ0) is 17.2. The van der Waals surface area contributed by atoms with Crippen molar-refractivity contribution in [3.05, 3.63) is 58.7 Å². The molecule has 0 saturated carbocycles. The van der Waals surface area contributed by atoms with Crippen LogP contribution in [-0.2, 0) is 27.4 Å². The van der Waals surface area contributed by atoms with E-state index in [1.54, 1.807) is 0 Å². The molecule has 2 heterocycles. The number of ether oxygens (including phenoxy) is 2. The maximum absolute atomic E-state index is 5.52. The lowest BCUT2D eigenvalue weighted by atomic mass is 10.1. The largest absolute Gasteiger partial charge is 0.373 e. The van der Waals surface area contributed by atoms with Crippen LogP contribution in [0.4, 0.5) is 0 Å². The summed E-state index contributed by atoms with van der Waals surface area (Å²) in [5.41, 5.74) is 4.11. The highest BCUT2D eigenvalue weighted by molar-refractivity contribution is 5.42. The molecular formula is C20H22O5. The number of rotatable bonds is 8. The first-order chi connectivity index (χ1) is 12.2. The van der Waals surface area contributed by atoms with Crippen molar-refractivity contribution in [2.24, 2.45) is 0 Å². The standard InChI is InChI=1S/C20H22O5/c1-13-5-3-7-15(9-17-11-21-17)19(13)23-25-24-20-14(2)6-4-8-16(20)10-18-12-22-18/h3-8,17-18H,9-12H2,1-2H3. The molecule has 25 heavy (non-hydrogen) atoms. The second-order valence-electron chi connectivity index (χ2n) is 6.68. The molecule has 0 bridgehead atoms. The van der Waals surface area contributed by atoms with Gasteiger partial charge in [-0.2, -0.15) is 0 Å². The summed E-state index contributed by atoms with van der Waals surface area (Å²) in [6, 6.07) is 12.0. The van der Waals surface area contributed by atoms with E-state index in [4.69, 9.17) is 24.3 Å². The Morgan fingerprint density at radius 3 is 1.64 bits per heavy atom. The summed E-state index contributed by atoms with van der Waals surface area (Å²) in [7, 11) is 0. The van der Waals surface area contributed by atoms with E-state index in [-0.39, 0.29) is 12.2 Å². The van der Waals surface area contributed by atoms with Gasteiger partial charge in [-0.1, -0.05) is 36.4 Å². The van der Waals surface area contributed by atoms with Crippen LogP contribution >= 0.6 is 0 Å². The lowest BCUT2D eigenvalue weighted by molar-refractivity contribution is -0.412. The van der Waals surface area contributed by atoms with Gasteiger partial charge in [0.15, 0.2) is 11.5 Å². The van der Waals surface area contributed by atoms with Gasteiger partial charge in [0.05, 0.1) is 25.4 Å². The molecule has 2 aliphatic heterocycles. The van der Waals surface area contributed by atoms with E-state index in [1.165, 1.54) is 0 Å². The average molecular weight is 342 g/mol. The molecule has 2 aliphatic rings. The van der Waals surface area contributed by atoms with Crippen LogP contribution in [-0.4, -0.2) is 25.4 Å². The van der Waals surface area contributed by atoms with E-state index in [0.29, 0.717) is 11.5 Å². The van der Waals surface area contributed by atoms with E-state index < -0.39 is 0 Å². The van der Waals surface area contributed by atoms with E-state index in [9.17, 15) is 0 Å². The Kier molecular flexibility index (Phi) is 4.61. The third kappa shape index (κ3) is 4.12. The number of para-hydroxylation sites is 2. The number of aryl methyl sites for hydroxylation is 2. The van der Waals surface area contributed by atoms with Gasteiger partial charge < -0.3 is 9.47 Å². The van der Waals surface area contributed by atoms with Gasteiger partial charge in [0.1, 0.15) is 0 Å². The first kappa shape index (κ1) is 16.4. The minimum atomic E-state index is 0.284. The zero-order valence-electron chi connectivity index (χ0n) is 14.5. The van der Waals surface area contributed by atoms with Crippen LogP contribution in [0.3, 0.4) is 0 Å². The number of benzene rings is 2. The maximum atomic E-state index is 5.52. The van der Waals surface area contributed by atoms with Gasteiger partial charge in [-0.05, 0) is 25.0 Å². The van der Waals surface area contributed by atoms with E-state index in [2.05, 4.69) is 0 Å². The molecule has 0 spiro atoms. The van der Waals surface area contributed by atoms with Crippen molar-refractivity contribution in [3.8, 4) is 11.5 Å². The van der Waals surface area contributed by atoms with Crippen LogP contribution in [0.2, 0.25) is 0 Å². The molecule has 0 amide bonds. The highest BCUT2D eigenvalue weighted by Gasteiger charge is 2.26. The Labute approximate surface area is 147 Å². The van der Waals surface area contributed by atoms with Crippen LogP contribution in [0.15, 0.2) is 36.4 Å². The zero-order valence-corrected chi connectivity index (χ0v) is 14.5. The average Bonchev–Trinajstić information content (AvgIpc) is 3.49. The summed E-state index contributed by atoms with van der Waals surface area (Å²) in [5, 5.41) is 5.17. The summed E-state index contributed by atoms with van der Waals surface area (Å²) in [5.74, 6) is 1.39. The van der Waals surface area contributed by atoms with Gasteiger partial charge in [0.25, 0.3) is 0 Å². The minimum absolute atomic E-state index is 0.284. The normalized spacial score (nSPS) is 21.0. The van der Waals surface area contributed by atoms with Crippen molar-refractivity contribution >= 4 is 0 Å². The van der Waals surface area contributed by atoms with E-state index in [0.717, 1.165) is 48.3 Å². The Hall–Kier alpha value is -2.08. The molecule has 132 valence electrons. The van der Waals surface area contributed by atoms with Gasteiger partial charge in [-0.3, -0.25) is 9.78 Å². The molecule has 0 radical (unpaired) electrons. The Bertz CT molecular complexity index is 686. The number of hydrogen-bond donors (Lipinski definition) is 0. The summed E-state index contributed by atoms with van der Waals surface area (Å²) >= 11 is 0. The maximum Gasteiger partial charge on any atom is 0.175 e. The van der Waals surface area contributed by atoms with Crippen molar-refractivity contribution in [2.75, 3.05) is 13.2 Å². The van der Waals surface area contributed by atoms with Crippen molar-refractivity contribution in [1.29, 1.82) is 0 Å². The topological polar surface area (TPSA) is 52.8 Å². The highest BCUT2D eigenvalue weighted by Crippen LogP contribution is 2.30. The molecule has 0 aromatic heterocycles. The quantitative estimate of drug-likeness (QED) is 0.418. The van der Waals surface area contributed by atoms with Gasteiger partial charge in [0, 0.05) is 29.0 Å². The predicted octanol–water partition coefficient (Wildman–Crippen LogP) is 3.49. The molecule has 0 N–H and O–H groups in total. The van der Waals surface area contributed by atoms with Gasteiger partial charge >= 0.3 is 0 Å². The van der Waals surface area contributed by atoms with Crippen LogP contribution in [0, 0.1) is 13.8 Å². The molecule has 2 saturated heterocycles. The SMILES string of the molecule is Cc1cccc(CC2CO2)c1OOOc1c(C)cccc1CC1CO1. The molecule has 5 nitrogen and oxygen atoms in total. The predicted molar refractivity (Wildman–Crippen MR) is 91.6 cm³/mol. The molecule has 4 rings (SSSR count). The molecule has 2 aromatic rings. The third-order valence-electron chi connectivity index (χ3n) is 4.52. The Balaban J connectivity index is 1.44. The van der Waals surface area contributed by atoms with Gasteiger partial charge in [0.2, 0.25) is 0 Å².